The van der Waals surface area contributed by atoms with Crippen molar-refractivity contribution in [1.82, 2.24) is 10.2 Å². The van der Waals surface area contributed by atoms with Crippen LogP contribution >= 0.6 is 11.6 Å². The smallest absolute Gasteiger partial charge is 0.261 e. The average molecular weight is 431 g/mol. The quantitative estimate of drug-likeness (QED) is 0.694. The number of carbonyl (C=O) groups is 2. The molecule has 5 nitrogen and oxygen atoms in total. The van der Waals surface area contributed by atoms with Crippen LogP contribution in [-0.4, -0.2) is 34.9 Å². The molecule has 1 N–H and O–H groups in total. The molecule has 0 heterocycles. The molecule has 0 aliphatic rings. The van der Waals surface area contributed by atoms with Gasteiger partial charge in [-0.1, -0.05) is 41.4 Å². The molecule has 0 unspecified atom stereocenters. The Morgan fingerprint density at radius 3 is 2.30 bits per heavy atom. The summed E-state index contributed by atoms with van der Waals surface area (Å²) in [6.45, 7) is 11.5. The normalized spacial score (nSPS) is 12.2. The van der Waals surface area contributed by atoms with Crippen molar-refractivity contribution in [3.05, 3.63) is 64.2 Å². The van der Waals surface area contributed by atoms with Crippen molar-refractivity contribution < 1.29 is 14.3 Å². The molecule has 2 rings (SSSR count). The Kier molecular flexibility index (Phi) is 7.90. The molecule has 6 heteroatoms. The largest absolute Gasteiger partial charge is 0.483 e. The predicted molar refractivity (Wildman–Crippen MR) is 121 cm³/mol. The van der Waals surface area contributed by atoms with Crippen LogP contribution in [0.15, 0.2) is 42.5 Å². The molecule has 2 aromatic rings. The van der Waals surface area contributed by atoms with E-state index in [0.29, 0.717) is 10.8 Å². The zero-order valence-electron chi connectivity index (χ0n) is 18.6. The maximum atomic E-state index is 13.1. The average Bonchev–Trinajstić information content (AvgIpc) is 2.64. The third-order valence-corrected chi connectivity index (χ3v) is 4.87. The van der Waals surface area contributed by atoms with Gasteiger partial charge in [-0.05, 0) is 70.9 Å². The van der Waals surface area contributed by atoms with Gasteiger partial charge in [-0.25, -0.2) is 0 Å². The van der Waals surface area contributed by atoms with E-state index in [1.54, 1.807) is 19.1 Å². The minimum Gasteiger partial charge on any atom is -0.483 e. The van der Waals surface area contributed by atoms with Crippen molar-refractivity contribution >= 4 is 23.4 Å². The number of ether oxygens (including phenoxy) is 1. The van der Waals surface area contributed by atoms with E-state index in [1.807, 2.05) is 65.0 Å². The number of nitrogens with one attached hydrogen (secondary N) is 1. The summed E-state index contributed by atoms with van der Waals surface area (Å²) in [5.74, 6) is 0.185. The Hall–Kier alpha value is -2.53. The number of rotatable bonds is 7. The predicted octanol–water partition coefficient (Wildman–Crippen LogP) is 4.67. The second-order valence-electron chi connectivity index (χ2n) is 8.62. The first-order valence-electron chi connectivity index (χ1n) is 10.0. The summed E-state index contributed by atoms with van der Waals surface area (Å²) in [4.78, 5) is 27.4. The van der Waals surface area contributed by atoms with Crippen molar-refractivity contribution in [3.8, 4) is 5.75 Å². The van der Waals surface area contributed by atoms with Crippen LogP contribution < -0.4 is 10.1 Å². The van der Waals surface area contributed by atoms with E-state index in [2.05, 4.69) is 5.32 Å². The molecule has 0 fully saturated rings. The topological polar surface area (TPSA) is 58.6 Å². The van der Waals surface area contributed by atoms with Crippen LogP contribution in [0.3, 0.4) is 0 Å². The molecule has 2 aromatic carbocycles. The van der Waals surface area contributed by atoms with E-state index in [0.717, 1.165) is 16.7 Å². The lowest BCUT2D eigenvalue weighted by Gasteiger charge is -2.31. The fourth-order valence-corrected chi connectivity index (χ4v) is 3.15. The second-order valence-corrected chi connectivity index (χ2v) is 9.06. The Bertz CT molecular complexity index is 888. The summed E-state index contributed by atoms with van der Waals surface area (Å²) in [7, 11) is 0. The van der Waals surface area contributed by atoms with Gasteiger partial charge in [0.25, 0.3) is 5.91 Å². The van der Waals surface area contributed by atoms with Crippen LogP contribution in [0, 0.1) is 13.8 Å². The molecular weight excluding hydrogens is 400 g/mol. The fraction of sp³-hybridized carbons (Fsp3) is 0.417. The molecule has 0 bridgehead atoms. The Morgan fingerprint density at radius 2 is 1.73 bits per heavy atom. The lowest BCUT2D eigenvalue weighted by molar-refractivity contribution is -0.142. The van der Waals surface area contributed by atoms with E-state index in [9.17, 15) is 9.59 Å². The van der Waals surface area contributed by atoms with Gasteiger partial charge in [0.1, 0.15) is 11.8 Å². The standard InChI is InChI=1S/C24H31ClN2O3/c1-16-7-12-21(17(2)13-16)30-15-22(28)27(14-19-8-10-20(25)11-9-19)18(3)23(29)26-24(4,5)6/h7-13,18H,14-15H2,1-6H3,(H,26,29)/t18-/m1/s1. The molecule has 1 atom stereocenters. The van der Waals surface area contributed by atoms with Crippen LogP contribution in [0.1, 0.15) is 44.4 Å². The maximum absolute atomic E-state index is 13.1. The summed E-state index contributed by atoms with van der Waals surface area (Å²) in [6.07, 6.45) is 0. The van der Waals surface area contributed by atoms with E-state index < -0.39 is 11.6 Å². The van der Waals surface area contributed by atoms with Gasteiger partial charge < -0.3 is 15.0 Å². The van der Waals surface area contributed by atoms with Crippen LogP contribution in [0.5, 0.6) is 5.75 Å². The number of nitrogens with zero attached hydrogens (tertiary/aromatic N) is 1. The van der Waals surface area contributed by atoms with E-state index >= 15 is 0 Å². The number of aryl methyl sites for hydroxylation is 2. The van der Waals surface area contributed by atoms with Crippen LogP contribution in [-0.2, 0) is 16.1 Å². The first-order chi connectivity index (χ1) is 14.0. The monoisotopic (exact) mass is 430 g/mol. The molecule has 0 saturated carbocycles. The zero-order chi connectivity index (χ0) is 22.5. The van der Waals surface area contributed by atoms with Gasteiger partial charge in [0.2, 0.25) is 5.91 Å². The number of benzene rings is 2. The summed E-state index contributed by atoms with van der Waals surface area (Å²) >= 11 is 5.98. The Morgan fingerprint density at radius 1 is 1.10 bits per heavy atom. The van der Waals surface area contributed by atoms with Crippen molar-refractivity contribution in [1.29, 1.82) is 0 Å². The van der Waals surface area contributed by atoms with Crippen molar-refractivity contribution in [2.75, 3.05) is 6.61 Å². The molecular formula is C24H31ClN2O3. The highest BCUT2D eigenvalue weighted by Gasteiger charge is 2.28. The third kappa shape index (κ3) is 7.06. The number of hydrogen-bond acceptors (Lipinski definition) is 3. The number of hydrogen-bond donors (Lipinski definition) is 1. The van der Waals surface area contributed by atoms with Gasteiger partial charge in [0.15, 0.2) is 6.61 Å². The summed E-state index contributed by atoms with van der Waals surface area (Å²) < 4.78 is 5.78. The SMILES string of the molecule is Cc1ccc(OCC(=O)N(Cc2ccc(Cl)cc2)[C@H](C)C(=O)NC(C)(C)C)c(C)c1. The van der Waals surface area contributed by atoms with Gasteiger partial charge in [-0.2, -0.15) is 0 Å². The molecule has 162 valence electrons. The Labute approximate surface area is 184 Å². The van der Waals surface area contributed by atoms with E-state index in [-0.39, 0.29) is 25.0 Å². The molecule has 0 aliphatic carbocycles. The van der Waals surface area contributed by atoms with Gasteiger partial charge >= 0.3 is 0 Å². The van der Waals surface area contributed by atoms with E-state index in [1.165, 1.54) is 4.90 Å². The minimum atomic E-state index is -0.657. The van der Waals surface area contributed by atoms with Crippen molar-refractivity contribution in [2.45, 2.75) is 59.7 Å². The highest BCUT2D eigenvalue weighted by molar-refractivity contribution is 6.30. The minimum absolute atomic E-state index is 0.148. The lowest BCUT2D eigenvalue weighted by Crippen LogP contribution is -2.53. The first kappa shape index (κ1) is 23.7. The van der Waals surface area contributed by atoms with Gasteiger partial charge in [-0.15, -0.1) is 0 Å². The molecule has 30 heavy (non-hydrogen) atoms. The van der Waals surface area contributed by atoms with Crippen LogP contribution in [0.4, 0.5) is 0 Å². The highest BCUT2D eigenvalue weighted by atomic mass is 35.5. The molecule has 0 saturated heterocycles. The maximum Gasteiger partial charge on any atom is 0.261 e. The third-order valence-electron chi connectivity index (χ3n) is 4.61. The Balaban J connectivity index is 2.18. The molecule has 0 spiro atoms. The lowest BCUT2D eigenvalue weighted by atomic mass is 10.1. The molecule has 0 radical (unpaired) electrons. The molecule has 2 amide bonds. The second kappa shape index (κ2) is 9.98. The van der Waals surface area contributed by atoms with Crippen LogP contribution in [0.25, 0.3) is 0 Å². The van der Waals surface area contributed by atoms with Crippen molar-refractivity contribution in [3.63, 3.8) is 0 Å². The van der Waals surface area contributed by atoms with Gasteiger partial charge in [-0.3, -0.25) is 9.59 Å². The van der Waals surface area contributed by atoms with Crippen LogP contribution in [0.2, 0.25) is 5.02 Å². The van der Waals surface area contributed by atoms with E-state index in [4.69, 9.17) is 16.3 Å². The summed E-state index contributed by atoms with van der Waals surface area (Å²) in [6, 6.07) is 12.4. The zero-order valence-corrected chi connectivity index (χ0v) is 19.3. The number of halogens is 1. The fourth-order valence-electron chi connectivity index (χ4n) is 3.03. The number of amides is 2. The number of carbonyl (C=O) groups excluding carboxylic acids is 2. The summed E-state index contributed by atoms with van der Waals surface area (Å²) in [5, 5.41) is 3.56. The molecule has 0 aromatic heterocycles. The highest BCUT2D eigenvalue weighted by Crippen LogP contribution is 2.20. The van der Waals surface area contributed by atoms with Gasteiger partial charge in [0.05, 0.1) is 0 Å². The van der Waals surface area contributed by atoms with Crippen molar-refractivity contribution in [2.24, 2.45) is 0 Å². The summed E-state index contributed by atoms with van der Waals surface area (Å²) in [5.41, 5.74) is 2.58. The molecule has 0 aliphatic heterocycles. The first-order valence-corrected chi connectivity index (χ1v) is 10.4. The van der Waals surface area contributed by atoms with Gasteiger partial charge in [0, 0.05) is 17.1 Å².